The third-order valence-electron chi connectivity index (χ3n) is 4.60. The minimum atomic E-state index is -4.03. The van der Waals surface area contributed by atoms with Gasteiger partial charge in [-0.25, -0.2) is 0 Å². The maximum atomic E-state index is 12.6. The fourth-order valence-electron chi connectivity index (χ4n) is 3.03. The second kappa shape index (κ2) is 4.43. The van der Waals surface area contributed by atoms with Crippen molar-refractivity contribution >= 4 is 0 Å². The number of likely N-dealkylation sites (N-methyl/N-ethyl adjacent to an activating group) is 1. The zero-order chi connectivity index (χ0) is 12.7. The smallest absolute Gasteiger partial charge is 0.329 e. The van der Waals surface area contributed by atoms with E-state index < -0.39 is 12.1 Å². The molecule has 0 aromatic heterocycles. The van der Waals surface area contributed by atoms with Gasteiger partial charge in [0.25, 0.3) is 0 Å². The minimum Gasteiger partial charge on any atom is -0.329 e. The van der Waals surface area contributed by atoms with E-state index in [9.17, 15) is 13.2 Å². The van der Waals surface area contributed by atoms with E-state index in [0.717, 1.165) is 0 Å². The molecule has 0 aromatic carbocycles. The topological polar surface area (TPSA) is 29.3 Å². The standard InChI is InChI=1S/C12H21F3N2/c1-17(10-2-3-10)11(8-16)6-4-9(5-7-11)12(13,14)15/h9-10H,2-8,16H2,1H3. The van der Waals surface area contributed by atoms with Gasteiger partial charge < -0.3 is 5.73 Å². The molecule has 0 atom stereocenters. The van der Waals surface area contributed by atoms with Crippen LogP contribution in [0.1, 0.15) is 38.5 Å². The monoisotopic (exact) mass is 250 g/mol. The van der Waals surface area contributed by atoms with Crippen molar-refractivity contribution in [2.24, 2.45) is 11.7 Å². The van der Waals surface area contributed by atoms with E-state index in [2.05, 4.69) is 4.90 Å². The van der Waals surface area contributed by atoms with Gasteiger partial charge in [0, 0.05) is 18.1 Å². The Morgan fingerprint density at radius 3 is 2.06 bits per heavy atom. The Balaban J connectivity index is 1.99. The van der Waals surface area contributed by atoms with Crippen molar-refractivity contribution in [1.82, 2.24) is 4.90 Å². The lowest BCUT2D eigenvalue weighted by Crippen LogP contribution is -2.55. The summed E-state index contributed by atoms with van der Waals surface area (Å²) in [6.45, 7) is 0.477. The molecule has 0 amide bonds. The lowest BCUT2D eigenvalue weighted by atomic mass is 9.75. The molecule has 0 spiro atoms. The number of hydrogen-bond donors (Lipinski definition) is 1. The largest absolute Gasteiger partial charge is 0.391 e. The summed E-state index contributed by atoms with van der Waals surface area (Å²) in [4.78, 5) is 2.25. The molecule has 2 rings (SSSR count). The Kier molecular flexibility index (Phi) is 3.42. The van der Waals surface area contributed by atoms with Crippen molar-refractivity contribution in [2.45, 2.75) is 56.3 Å². The predicted molar refractivity (Wildman–Crippen MR) is 60.6 cm³/mol. The lowest BCUT2D eigenvalue weighted by molar-refractivity contribution is -0.188. The SMILES string of the molecule is CN(C1CC1)C1(CN)CCC(C(F)(F)F)CC1. The predicted octanol–water partition coefficient (Wildman–Crippen LogP) is 2.53. The van der Waals surface area contributed by atoms with E-state index in [1.54, 1.807) is 0 Å². The van der Waals surface area contributed by atoms with Crippen molar-refractivity contribution in [3.8, 4) is 0 Å². The van der Waals surface area contributed by atoms with Crippen LogP contribution in [-0.4, -0.2) is 36.2 Å². The van der Waals surface area contributed by atoms with Crippen molar-refractivity contribution in [3.63, 3.8) is 0 Å². The van der Waals surface area contributed by atoms with Crippen LogP contribution in [0.2, 0.25) is 0 Å². The fourth-order valence-corrected chi connectivity index (χ4v) is 3.03. The first-order chi connectivity index (χ1) is 7.89. The molecule has 2 fully saturated rings. The minimum absolute atomic E-state index is 0.178. The lowest BCUT2D eigenvalue weighted by Gasteiger charge is -2.46. The van der Waals surface area contributed by atoms with Gasteiger partial charge in [0.05, 0.1) is 5.92 Å². The van der Waals surface area contributed by atoms with E-state index in [4.69, 9.17) is 5.73 Å². The quantitative estimate of drug-likeness (QED) is 0.834. The third-order valence-corrected chi connectivity index (χ3v) is 4.60. The van der Waals surface area contributed by atoms with Gasteiger partial charge in [-0.15, -0.1) is 0 Å². The fraction of sp³-hybridized carbons (Fsp3) is 1.00. The second-order valence-electron chi connectivity index (χ2n) is 5.59. The Hall–Kier alpha value is -0.290. The average Bonchev–Trinajstić information content (AvgIpc) is 3.10. The number of hydrogen-bond acceptors (Lipinski definition) is 2. The Bertz CT molecular complexity index is 265. The van der Waals surface area contributed by atoms with E-state index in [-0.39, 0.29) is 18.4 Å². The summed E-state index contributed by atoms with van der Waals surface area (Å²) in [6, 6.07) is 0.556. The molecule has 100 valence electrons. The number of nitrogens with two attached hydrogens (primary N) is 1. The molecule has 0 saturated heterocycles. The van der Waals surface area contributed by atoms with Gasteiger partial charge in [-0.2, -0.15) is 13.2 Å². The highest BCUT2D eigenvalue weighted by Crippen LogP contribution is 2.45. The van der Waals surface area contributed by atoms with Gasteiger partial charge in [0.2, 0.25) is 0 Å². The van der Waals surface area contributed by atoms with Gasteiger partial charge >= 0.3 is 6.18 Å². The van der Waals surface area contributed by atoms with E-state index in [1.807, 2.05) is 7.05 Å². The molecule has 2 aliphatic rings. The van der Waals surface area contributed by atoms with Crippen LogP contribution in [0.4, 0.5) is 13.2 Å². The highest BCUT2D eigenvalue weighted by molar-refractivity contribution is 5.00. The van der Waals surface area contributed by atoms with Crippen LogP contribution in [0.25, 0.3) is 0 Å². The van der Waals surface area contributed by atoms with Gasteiger partial charge in [0.15, 0.2) is 0 Å². The van der Waals surface area contributed by atoms with Gasteiger partial charge in [0.1, 0.15) is 0 Å². The van der Waals surface area contributed by atoms with Crippen LogP contribution in [0.15, 0.2) is 0 Å². The molecule has 2 saturated carbocycles. The summed E-state index contributed by atoms with van der Waals surface area (Å²) >= 11 is 0. The zero-order valence-corrected chi connectivity index (χ0v) is 10.3. The Morgan fingerprint density at radius 1 is 1.18 bits per heavy atom. The summed E-state index contributed by atoms with van der Waals surface area (Å²) in [5.41, 5.74) is 5.66. The molecule has 5 heteroatoms. The molecule has 0 unspecified atom stereocenters. The molecule has 17 heavy (non-hydrogen) atoms. The average molecular weight is 250 g/mol. The Labute approximate surface area is 100 Å². The van der Waals surface area contributed by atoms with Crippen LogP contribution in [0.3, 0.4) is 0 Å². The first-order valence-electron chi connectivity index (χ1n) is 6.39. The number of alkyl halides is 3. The van der Waals surface area contributed by atoms with Gasteiger partial charge in [-0.05, 0) is 45.6 Å². The Morgan fingerprint density at radius 2 is 1.71 bits per heavy atom. The molecule has 0 aliphatic heterocycles. The molecular weight excluding hydrogens is 229 g/mol. The molecule has 0 radical (unpaired) electrons. The van der Waals surface area contributed by atoms with Crippen LogP contribution < -0.4 is 5.73 Å². The van der Waals surface area contributed by atoms with E-state index in [0.29, 0.717) is 25.4 Å². The number of halogens is 3. The van der Waals surface area contributed by atoms with Crippen LogP contribution in [-0.2, 0) is 0 Å². The number of rotatable bonds is 3. The molecule has 2 aliphatic carbocycles. The highest BCUT2D eigenvalue weighted by Gasteiger charge is 2.48. The molecular formula is C12H21F3N2. The third kappa shape index (κ3) is 2.60. The molecule has 0 bridgehead atoms. The van der Waals surface area contributed by atoms with Crippen LogP contribution in [0.5, 0.6) is 0 Å². The van der Waals surface area contributed by atoms with Crippen molar-refractivity contribution in [1.29, 1.82) is 0 Å². The maximum Gasteiger partial charge on any atom is 0.391 e. The summed E-state index contributed by atoms with van der Waals surface area (Å²) in [5, 5.41) is 0. The van der Waals surface area contributed by atoms with Gasteiger partial charge in [-0.3, -0.25) is 4.90 Å². The summed E-state index contributed by atoms with van der Waals surface area (Å²) in [6.07, 6.45) is -0.0579. The summed E-state index contributed by atoms with van der Waals surface area (Å²) < 4.78 is 37.9. The summed E-state index contributed by atoms with van der Waals surface area (Å²) in [5.74, 6) is -1.12. The highest BCUT2D eigenvalue weighted by atomic mass is 19.4. The summed E-state index contributed by atoms with van der Waals surface area (Å²) in [7, 11) is 2.03. The van der Waals surface area contributed by atoms with Crippen molar-refractivity contribution in [2.75, 3.05) is 13.6 Å². The van der Waals surface area contributed by atoms with Crippen LogP contribution in [0, 0.1) is 5.92 Å². The van der Waals surface area contributed by atoms with Crippen molar-refractivity contribution in [3.05, 3.63) is 0 Å². The van der Waals surface area contributed by atoms with E-state index >= 15 is 0 Å². The van der Waals surface area contributed by atoms with Crippen molar-refractivity contribution < 1.29 is 13.2 Å². The number of nitrogens with zero attached hydrogens (tertiary/aromatic N) is 1. The molecule has 2 nitrogen and oxygen atoms in total. The first kappa shape index (κ1) is 13.1. The van der Waals surface area contributed by atoms with E-state index in [1.165, 1.54) is 12.8 Å². The maximum absolute atomic E-state index is 12.6. The van der Waals surface area contributed by atoms with Gasteiger partial charge in [-0.1, -0.05) is 0 Å². The second-order valence-corrected chi connectivity index (χ2v) is 5.59. The normalized spacial score (nSPS) is 35.3. The molecule has 0 aromatic rings. The zero-order valence-electron chi connectivity index (χ0n) is 10.3. The first-order valence-corrected chi connectivity index (χ1v) is 6.39. The molecule has 2 N–H and O–H groups in total. The molecule has 0 heterocycles. The van der Waals surface area contributed by atoms with Crippen LogP contribution >= 0.6 is 0 Å².